The van der Waals surface area contributed by atoms with Crippen LogP contribution in [0, 0.1) is 5.92 Å². The van der Waals surface area contributed by atoms with Gasteiger partial charge in [0.05, 0.1) is 5.25 Å². The van der Waals surface area contributed by atoms with Gasteiger partial charge in [-0.2, -0.15) is 0 Å². The zero-order chi connectivity index (χ0) is 11.1. The van der Waals surface area contributed by atoms with Gasteiger partial charge in [-0.05, 0) is 31.6 Å². The van der Waals surface area contributed by atoms with Crippen molar-refractivity contribution in [2.75, 3.05) is 0 Å². The second kappa shape index (κ2) is 4.03. The number of hydrogen-bond acceptors (Lipinski definition) is 3. The lowest BCUT2D eigenvalue weighted by atomic mass is 10.0. The van der Waals surface area contributed by atoms with Crippen LogP contribution < -0.4 is 10.5 Å². The Morgan fingerprint density at radius 1 is 1.33 bits per heavy atom. The molecule has 2 aliphatic rings. The lowest BCUT2D eigenvalue weighted by Gasteiger charge is -2.12. The van der Waals surface area contributed by atoms with Crippen LogP contribution in [0.25, 0.3) is 0 Å². The minimum absolute atomic E-state index is 0.0792. The van der Waals surface area contributed by atoms with Gasteiger partial charge in [0.1, 0.15) is 0 Å². The molecule has 0 radical (unpaired) electrons. The zero-order valence-corrected chi connectivity index (χ0v) is 9.96. The third-order valence-electron chi connectivity index (χ3n) is 3.57. The van der Waals surface area contributed by atoms with E-state index in [1.165, 1.54) is 0 Å². The molecule has 3 atom stereocenters. The molecule has 0 spiro atoms. The summed E-state index contributed by atoms with van der Waals surface area (Å²) < 4.78 is 26.2. The summed E-state index contributed by atoms with van der Waals surface area (Å²) >= 11 is 0. The van der Waals surface area contributed by atoms with Crippen molar-refractivity contribution >= 4 is 10.0 Å². The second-order valence-corrected chi connectivity index (χ2v) is 6.86. The van der Waals surface area contributed by atoms with Crippen LogP contribution in [-0.2, 0) is 10.0 Å². The van der Waals surface area contributed by atoms with Gasteiger partial charge >= 0.3 is 0 Å². The third kappa shape index (κ3) is 2.52. The predicted octanol–water partition coefficient (Wildman–Crippen LogP) is 0.584. The average molecular weight is 232 g/mol. The number of nitrogens with one attached hydrogen (secondary N) is 1. The van der Waals surface area contributed by atoms with Gasteiger partial charge in [-0.1, -0.05) is 13.3 Å². The van der Waals surface area contributed by atoms with E-state index in [0.29, 0.717) is 5.92 Å². The molecule has 0 aliphatic heterocycles. The maximum atomic E-state index is 11.7. The first kappa shape index (κ1) is 11.4. The summed E-state index contributed by atoms with van der Waals surface area (Å²) in [5.74, 6) is 0.483. The molecule has 0 aromatic heterocycles. The number of sulfonamides is 1. The molecular weight excluding hydrogens is 212 g/mol. The van der Waals surface area contributed by atoms with Gasteiger partial charge in [0.2, 0.25) is 10.0 Å². The minimum atomic E-state index is -3.03. The first-order chi connectivity index (χ1) is 7.03. The Kier molecular flexibility index (Phi) is 3.05. The SMILES string of the molecule is CC[C@@H]1CC(NS(=O)(=O)C2CC2)C[C@@H]1N. The Hall–Kier alpha value is -0.130. The summed E-state index contributed by atoms with van der Waals surface area (Å²) in [7, 11) is -3.03. The van der Waals surface area contributed by atoms with Crippen LogP contribution in [0.4, 0.5) is 0 Å². The average Bonchev–Trinajstić information content (AvgIpc) is 2.92. The summed E-state index contributed by atoms with van der Waals surface area (Å²) in [5.41, 5.74) is 5.96. The molecule has 3 N–H and O–H groups in total. The van der Waals surface area contributed by atoms with Gasteiger partial charge < -0.3 is 5.73 Å². The van der Waals surface area contributed by atoms with E-state index in [9.17, 15) is 8.42 Å². The second-order valence-electron chi connectivity index (χ2n) is 4.86. The molecule has 4 nitrogen and oxygen atoms in total. The van der Waals surface area contributed by atoms with E-state index in [4.69, 9.17) is 5.73 Å². The van der Waals surface area contributed by atoms with Crippen molar-refractivity contribution in [1.82, 2.24) is 4.72 Å². The van der Waals surface area contributed by atoms with Crippen molar-refractivity contribution in [3.63, 3.8) is 0 Å². The highest BCUT2D eigenvalue weighted by atomic mass is 32.2. The Morgan fingerprint density at radius 3 is 2.47 bits per heavy atom. The molecule has 0 bridgehead atoms. The topological polar surface area (TPSA) is 72.2 Å². The first-order valence-corrected chi connectivity index (χ1v) is 7.34. The van der Waals surface area contributed by atoms with Gasteiger partial charge in [-0.3, -0.25) is 0 Å². The van der Waals surface area contributed by atoms with Crippen molar-refractivity contribution in [3.8, 4) is 0 Å². The Morgan fingerprint density at radius 2 is 2.00 bits per heavy atom. The molecule has 0 aromatic carbocycles. The molecule has 0 heterocycles. The summed E-state index contributed by atoms with van der Waals surface area (Å²) in [6.45, 7) is 2.11. The number of nitrogens with two attached hydrogens (primary N) is 1. The Bertz CT molecular complexity index is 324. The van der Waals surface area contributed by atoms with Crippen LogP contribution in [0.15, 0.2) is 0 Å². The standard InChI is InChI=1S/C10H20N2O2S/c1-2-7-5-8(6-10(7)11)12-15(13,14)9-3-4-9/h7-10,12H,2-6,11H2,1H3/t7-,8?,10+/m1/s1. The third-order valence-corrected chi connectivity index (χ3v) is 5.58. The van der Waals surface area contributed by atoms with Crippen LogP contribution in [0.2, 0.25) is 0 Å². The molecule has 0 saturated heterocycles. The van der Waals surface area contributed by atoms with Crippen molar-refractivity contribution < 1.29 is 8.42 Å². The van der Waals surface area contributed by atoms with E-state index in [2.05, 4.69) is 11.6 Å². The van der Waals surface area contributed by atoms with Crippen LogP contribution >= 0.6 is 0 Å². The summed E-state index contributed by atoms with van der Waals surface area (Å²) in [6, 6.07) is 0.248. The highest BCUT2D eigenvalue weighted by Gasteiger charge is 2.39. The lowest BCUT2D eigenvalue weighted by Crippen LogP contribution is -2.36. The molecule has 2 saturated carbocycles. The Balaban J connectivity index is 1.91. The highest BCUT2D eigenvalue weighted by Crippen LogP contribution is 2.31. The molecule has 1 unspecified atom stereocenters. The van der Waals surface area contributed by atoms with Gasteiger partial charge in [0.15, 0.2) is 0 Å². The largest absolute Gasteiger partial charge is 0.327 e. The fraction of sp³-hybridized carbons (Fsp3) is 1.00. The van der Waals surface area contributed by atoms with Crippen molar-refractivity contribution in [2.24, 2.45) is 11.7 Å². The van der Waals surface area contributed by atoms with Gasteiger partial charge in [-0.25, -0.2) is 13.1 Å². The molecule has 2 rings (SSSR count). The van der Waals surface area contributed by atoms with Gasteiger partial charge in [0.25, 0.3) is 0 Å². The predicted molar refractivity (Wildman–Crippen MR) is 59.9 cm³/mol. The zero-order valence-electron chi connectivity index (χ0n) is 9.15. The highest BCUT2D eigenvalue weighted by molar-refractivity contribution is 7.90. The summed E-state index contributed by atoms with van der Waals surface area (Å²) in [6.07, 6.45) is 4.40. The van der Waals surface area contributed by atoms with E-state index in [-0.39, 0.29) is 17.3 Å². The fourth-order valence-electron chi connectivity index (χ4n) is 2.43. The summed E-state index contributed by atoms with van der Waals surface area (Å²) in [5, 5.41) is -0.116. The number of hydrogen-bond donors (Lipinski definition) is 2. The molecule has 88 valence electrons. The van der Waals surface area contributed by atoms with E-state index >= 15 is 0 Å². The molecule has 5 heteroatoms. The van der Waals surface area contributed by atoms with Crippen molar-refractivity contribution in [2.45, 2.75) is 56.4 Å². The van der Waals surface area contributed by atoms with Crippen LogP contribution in [-0.4, -0.2) is 25.8 Å². The quantitative estimate of drug-likeness (QED) is 0.745. The van der Waals surface area contributed by atoms with Gasteiger partial charge in [0, 0.05) is 12.1 Å². The maximum absolute atomic E-state index is 11.7. The molecule has 15 heavy (non-hydrogen) atoms. The molecule has 0 amide bonds. The molecule has 0 aromatic rings. The van der Waals surface area contributed by atoms with Crippen LogP contribution in [0.5, 0.6) is 0 Å². The van der Waals surface area contributed by atoms with E-state index in [1.54, 1.807) is 0 Å². The monoisotopic (exact) mass is 232 g/mol. The van der Waals surface area contributed by atoms with Gasteiger partial charge in [-0.15, -0.1) is 0 Å². The van der Waals surface area contributed by atoms with Crippen LogP contribution in [0.3, 0.4) is 0 Å². The smallest absolute Gasteiger partial charge is 0.214 e. The maximum Gasteiger partial charge on any atom is 0.214 e. The minimum Gasteiger partial charge on any atom is -0.327 e. The van der Waals surface area contributed by atoms with E-state index < -0.39 is 10.0 Å². The van der Waals surface area contributed by atoms with Crippen molar-refractivity contribution in [3.05, 3.63) is 0 Å². The first-order valence-electron chi connectivity index (χ1n) is 5.79. The molecule has 2 fully saturated rings. The molecular formula is C10H20N2O2S. The number of rotatable bonds is 4. The fourth-order valence-corrected chi connectivity index (χ4v) is 4.04. The van der Waals surface area contributed by atoms with E-state index in [0.717, 1.165) is 32.1 Å². The molecule has 2 aliphatic carbocycles. The summed E-state index contributed by atoms with van der Waals surface area (Å²) in [4.78, 5) is 0. The Labute approximate surface area is 91.7 Å². The van der Waals surface area contributed by atoms with E-state index in [1.807, 2.05) is 0 Å². The van der Waals surface area contributed by atoms with Crippen LogP contribution in [0.1, 0.15) is 39.0 Å². The van der Waals surface area contributed by atoms with Crippen molar-refractivity contribution in [1.29, 1.82) is 0 Å². The normalized spacial score (nSPS) is 37.1. The lowest BCUT2D eigenvalue weighted by molar-refractivity contribution is 0.462.